The summed E-state index contributed by atoms with van der Waals surface area (Å²) in [6, 6.07) is 0. The number of nitrogens with zero attached hydrogens (tertiary/aromatic N) is 2. The van der Waals surface area contributed by atoms with E-state index >= 15 is 0 Å². The summed E-state index contributed by atoms with van der Waals surface area (Å²) >= 11 is 1.48. The second kappa shape index (κ2) is 5.05. The lowest BCUT2D eigenvalue weighted by Crippen LogP contribution is -2.13. The lowest BCUT2D eigenvalue weighted by molar-refractivity contribution is 0.407. The molecule has 0 unspecified atom stereocenters. The first-order valence-electron chi connectivity index (χ1n) is 3.94. The molecule has 0 fully saturated rings. The maximum Gasteiger partial charge on any atom is 0.293 e. The standard InChI is InChI=1S/C7H13N3OS/c1-3-4-8-5-6-9-10-7(11-2)12-6/h8H,3-5H2,1-2H3. The summed E-state index contributed by atoms with van der Waals surface area (Å²) in [7, 11) is 1.60. The van der Waals surface area contributed by atoms with Crippen molar-refractivity contribution < 1.29 is 4.74 Å². The van der Waals surface area contributed by atoms with Crippen molar-refractivity contribution in [2.45, 2.75) is 19.9 Å². The smallest absolute Gasteiger partial charge is 0.293 e. The fourth-order valence-corrected chi connectivity index (χ4v) is 1.39. The number of hydrogen-bond donors (Lipinski definition) is 1. The number of aromatic nitrogens is 2. The highest BCUT2D eigenvalue weighted by Crippen LogP contribution is 2.16. The Kier molecular flexibility index (Phi) is 3.96. The summed E-state index contributed by atoms with van der Waals surface area (Å²) in [5, 5.41) is 12.6. The van der Waals surface area contributed by atoms with Crippen LogP contribution < -0.4 is 10.1 Å². The van der Waals surface area contributed by atoms with Crippen molar-refractivity contribution in [2.24, 2.45) is 0 Å². The molecule has 1 aromatic rings. The van der Waals surface area contributed by atoms with Gasteiger partial charge in [-0.25, -0.2) is 0 Å². The normalized spacial score (nSPS) is 10.2. The van der Waals surface area contributed by atoms with E-state index in [1.54, 1.807) is 7.11 Å². The minimum absolute atomic E-state index is 0.628. The molecule has 4 nitrogen and oxygen atoms in total. The molecule has 0 saturated carbocycles. The average Bonchev–Trinajstić information content (AvgIpc) is 2.53. The van der Waals surface area contributed by atoms with Crippen molar-refractivity contribution in [2.75, 3.05) is 13.7 Å². The highest BCUT2D eigenvalue weighted by Gasteiger charge is 2.01. The SMILES string of the molecule is CCCNCc1nnc(OC)s1. The van der Waals surface area contributed by atoms with E-state index in [9.17, 15) is 0 Å². The summed E-state index contributed by atoms with van der Waals surface area (Å²) in [5.41, 5.74) is 0. The van der Waals surface area contributed by atoms with Gasteiger partial charge in [0.25, 0.3) is 5.19 Å². The van der Waals surface area contributed by atoms with Gasteiger partial charge in [-0.05, 0) is 13.0 Å². The maximum absolute atomic E-state index is 4.92. The Labute approximate surface area is 76.0 Å². The molecule has 1 aromatic heterocycles. The third kappa shape index (κ3) is 2.75. The predicted octanol–water partition coefficient (Wildman–Crippen LogP) is 1.05. The van der Waals surface area contributed by atoms with Crippen LogP contribution in [0.2, 0.25) is 0 Å². The second-order valence-corrected chi connectivity index (χ2v) is 3.37. The first-order valence-corrected chi connectivity index (χ1v) is 4.75. The van der Waals surface area contributed by atoms with Gasteiger partial charge in [0.15, 0.2) is 0 Å². The van der Waals surface area contributed by atoms with E-state index in [4.69, 9.17) is 4.74 Å². The van der Waals surface area contributed by atoms with E-state index < -0.39 is 0 Å². The van der Waals surface area contributed by atoms with Gasteiger partial charge in [-0.1, -0.05) is 18.3 Å². The number of methoxy groups -OCH3 is 1. The first-order chi connectivity index (χ1) is 5.86. The Morgan fingerprint density at radius 3 is 2.92 bits per heavy atom. The average molecular weight is 187 g/mol. The molecule has 68 valence electrons. The zero-order chi connectivity index (χ0) is 8.81. The summed E-state index contributed by atoms with van der Waals surface area (Å²) in [6.07, 6.45) is 1.13. The molecule has 0 atom stereocenters. The van der Waals surface area contributed by atoms with Crippen LogP contribution in [-0.4, -0.2) is 23.9 Å². The molecule has 0 aliphatic carbocycles. The molecule has 5 heteroatoms. The lowest BCUT2D eigenvalue weighted by atomic mass is 10.5. The Morgan fingerprint density at radius 2 is 2.33 bits per heavy atom. The molecule has 0 spiro atoms. The summed E-state index contributed by atoms with van der Waals surface area (Å²) in [6.45, 7) is 3.93. The van der Waals surface area contributed by atoms with Gasteiger partial charge >= 0.3 is 0 Å². The van der Waals surface area contributed by atoms with Gasteiger partial charge in [-0.3, -0.25) is 0 Å². The van der Waals surface area contributed by atoms with Crippen molar-refractivity contribution in [1.29, 1.82) is 0 Å². The number of hydrogen-bond acceptors (Lipinski definition) is 5. The topological polar surface area (TPSA) is 47.0 Å². The van der Waals surface area contributed by atoms with Crippen LogP contribution in [0.3, 0.4) is 0 Å². The van der Waals surface area contributed by atoms with Gasteiger partial charge in [0.05, 0.1) is 7.11 Å². The molecular formula is C7H13N3OS. The fraction of sp³-hybridized carbons (Fsp3) is 0.714. The Hall–Kier alpha value is -0.680. The van der Waals surface area contributed by atoms with Crippen LogP contribution in [0, 0.1) is 0 Å². The van der Waals surface area contributed by atoms with Gasteiger partial charge in [0.2, 0.25) is 0 Å². The molecule has 0 saturated heterocycles. The molecule has 0 amide bonds. The van der Waals surface area contributed by atoms with Crippen molar-refractivity contribution >= 4 is 11.3 Å². The third-order valence-electron chi connectivity index (χ3n) is 1.33. The molecule has 0 aliphatic rings. The molecule has 1 rings (SSSR count). The van der Waals surface area contributed by atoms with Crippen LogP contribution >= 0.6 is 11.3 Å². The molecule has 1 heterocycles. The molecule has 12 heavy (non-hydrogen) atoms. The van der Waals surface area contributed by atoms with Crippen molar-refractivity contribution in [3.05, 3.63) is 5.01 Å². The number of rotatable bonds is 5. The van der Waals surface area contributed by atoms with Gasteiger partial charge < -0.3 is 10.1 Å². The summed E-state index contributed by atoms with van der Waals surface area (Å²) in [5.74, 6) is 0. The first kappa shape index (κ1) is 9.41. The Balaban J connectivity index is 2.31. The highest BCUT2D eigenvalue weighted by molar-refractivity contribution is 7.13. The minimum atomic E-state index is 0.628. The molecule has 0 aliphatic heterocycles. The van der Waals surface area contributed by atoms with E-state index in [-0.39, 0.29) is 0 Å². The largest absolute Gasteiger partial charge is 0.472 e. The fourth-order valence-electron chi connectivity index (χ4n) is 0.764. The Bertz CT molecular complexity index is 226. The highest BCUT2D eigenvalue weighted by atomic mass is 32.1. The van der Waals surface area contributed by atoms with Crippen LogP contribution in [0.4, 0.5) is 0 Å². The van der Waals surface area contributed by atoms with Crippen molar-refractivity contribution in [3.63, 3.8) is 0 Å². The van der Waals surface area contributed by atoms with E-state index in [1.165, 1.54) is 11.3 Å². The summed E-state index contributed by atoms with van der Waals surface area (Å²) in [4.78, 5) is 0. The molecule has 0 radical (unpaired) electrons. The van der Waals surface area contributed by atoms with Crippen molar-refractivity contribution in [1.82, 2.24) is 15.5 Å². The van der Waals surface area contributed by atoms with E-state index in [0.717, 1.165) is 24.5 Å². The molecular weight excluding hydrogens is 174 g/mol. The van der Waals surface area contributed by atoms with Crippen LogP contribution in [-0.2, 0) is 6.54 Å². The summed E-state index contributed by atoms with van der Waals surface area (Å²) < 4.78 is 4.92. The van der Waals surface area contributed by atoms with Gasteiger partial charge in [-0.2, -0.15) is 0 Å². The van der Waals surface area contributed by atoms with Gasteiger partial charge in [0.1, 0.15) is 5.01 Å². The second-order valence-electron chi connectivity index (χ2n) is 2.34. The van der Waals surface area contributed by atoms with E-state index in [1.807, 2.05) is 0 Å². The number of nitrogens with one attached hydrogen (secondary N) is 1. The number of ether oxygens (including phenoxy) is 1. The van der Waals surface area contributed by atoms with Gasteiger partial charge in [-0.15, -0.1) is 10.2 Å². The molecule has 0 aromatic carbocycles. The molecule has 0 bridgehead atoms. The van der Waals surface area contributed by atoms with Crippen LogP contribution in [0.1, 0.15) is 18.4 Å². The van der Waals surface area contributed by atoms with Crippen molar-refractivity contribution in [3.8, 4) is 5.19 Å². The quantitative estimate of drug-likeness (QED) is 0.700. The maximum atomic E-state index is 4.92. The lowest BCUT2D eigenvalue weighted by Gasteiger charge is -1.96. The molecule has 1 N–H and O–H groups in total. The van der Waals surface area contributed by atoms with Crippen LogP contribution in [0.5, 0.6) is 5.19 Å². The minimum Gasteiger partial charge on any atom is -0.472 e. The van der Waals surface area contributed by atoms with Gasteiger partial charge in [0, 0.05) is 6.54 Å². The van der Waals surface area contributed by atoms with Crippen LogP contribution in [0.15, 0.2) is 0 Å². The van der Waals surface area contributed by atoms with Crippen LogP contribution in [0.25, 0.3) is 0 Å². The van der Waals surface area contributed by atoms with E-state index in [0.29, 0.717) is 5.19 Å². The Morgan fingerprint density at radius 1 is 1.50 bits per heavy atom. The monoisotopic (exact) mass is 187 g/mol. The zero-order valence-corrected chi connectivity index (χ0v) is 8.15. The third-order valence-corrected chi connectivity index (χ3v) is 2.21. The zero-order valence-electron chi connectivity index (χ0n) is 7.33. The predicted molar refractivity (Wildman–Crippen MR) is 48.5 cm³/mol. The van der Waals surface area contributed by atoms with E-state index in [2.05, 4.69) is 22.4 Å².